The minimum absolute atomic E-state index is 0. The van der Waals surface area contributed by atoms with Gasteiger partial charge in [0.1, 0.15) is 0 Å². The lowest BCUT2D eigenvalue weighted by molar-refractivity contribution is -0.125. The predicted molar refractivity (Wildman–Crippen MR) is 76.1 cm³/mol. The number of amides is 1. The lowest BCUT2D eigenvalue weighted by Gasteiger charge is -2.26. The Hall–Kier alpha value is -0.320. The molecule has 0 aromatic carbocycles. The van der Waals surface area contributed by atoms with Crippen LogP contribution in [-0.2, 0) is 4.79 Å². The van der Waals surface area contributed by atoms with E-state index in [1.165, 1.54) is 32.4 Å². The number of carbonyl (C=O) groups excluding carboxylic acids is 1. The summed E-state index contributed by atoms with van der Waals surface area (Å²) in [5.74, 6) is 0.890. The van der Waals surface area contributed by atoms with E-state index in [9.17, 15) is 4.79 Å². The summed E-state index contributed by atoms with van der Waals surface area (Å²) in [6, 6.07) is 0. The summed E-state index contributed by atoms with van der Waals surface area (Å²) in [4.78, 5) is 14.4. The van der Waals surface area contributed by atoms with Crippen LogP contribution in [0, 0.1) is 11.8 Å². The molecule has 0 saturated carbocycles. The Morgan fingerprint density at radius 1 is 1.28 bits per heavy atom. The van der Waals surface area contributed by atoms with E-state index in [2.05, 4.69) is 22.5 Å². The molecule has 2 aliphatic heterocycles. The smallest absolute Gasteiger partial charge is 0.224 e. The highest BCUT2D eigenvalue weighted by molar-refractivity contribution is 5.85. The number of carbonyl (C=O) groups is 1. The minimum Gasteiger partial charge on any atom is -0.355 e. The Kier molecular flexibility index (Phi) is 6.97. The van der Waals surface area contributed by atoms with Crippen LogP contribution in [0.3, 0.4) is 0 Å². The predicted octanol–water partition coefficient (Wildman–Crippen LogP) is 0.866. The van der Waals surface area contributed by atoms with Gasteiger partial charge in [0.05, 0.1) is 5.92 Å². The molecule has 2 saturated heterocycles. The van der Waals surface area contributed by atoms with Crippen LogP contribution in [0.5, 0.6) is 0 Å². The lowest BCUT2D eigenvalue weighted by atomic mass is 9.97. The van der Waals surface area contributed by atoms with Gasteiger partial charge in [0.15, 0.2) is 0 Å². The SMILES string of the molecule is C[C@@H]1CNC[C@H]1C(=O)NCCN1CCCCC1.Cl. The fourth-order valence-corrected chi connectivity index (χ4v) is 2.81. The van der Waals surface area contributed by atoms with Crippen LogP contribution < -0.4 is 10.6 Å². The number of halogens is 1. The van der Waals surface area contributed by atoms with Crippen LogP contribution in [-0.4, -0.2) is 50.1 Å². The Labute approximate surface area is 116 Å². The average molecular weight is 276 g/mol. The maximum atomic E-state index is 11.9. The molecule has 4 nitrogen and oxygen atoms in total. The molecule has 0 aliphatic carbocycles. The van der Waals surface area contributed by atoms with E-state index in [4.69, 9.17) is 0 Å². The van der Waals surface area contributed by atoms with Crippen LogP contribution in [0.4, 0.5) is 0 Å². The molecule has 0 aromatic heterocycles. The molecule has 18 heavy (non-hydrogen) atoms. The van der Waals surface area contributed by atoms with Crippen molar-refractivity contribution in [3.05, 3.63) is 0 Å². The molecule has 0 radical (unpaired) electrons. The topological polar surface area (TPSA) is 44.4 Å². The first-order chi connectivity index (χ1) is 8.27. The van der Waals surface area contributed by atoms with Crippen molar-refractivity contribution in [1.82, 2.24) is 15.5 Å². The zero-order valence-electron chi connectivity index (χ0n) is 11.3. The van der Waals surface area contributed by atoms with Gasteiger partial charge in [-0.05, 0) is 38.4 Å². The number of hydrogen-bond donors (Lipinski definition) is 2. The molecule has 0 bridgehead atoms. The second-order valence-electron chi connectivity index (χ2n) is 5.44. The first-order valence-electron chi connectivity index (χ1n) is 6.98. The maximum Gasteiger partial charge on any atom is 0.224 e. The summed E-state index contributed by atoms with van der Waals surface area (Å²) >= 11 is 0. The summed E-state index contributed by atoms with van der Waals surface area (Å²) < 4.78 is 0. The molecule has 2 N–H and O–H groups in total. The van der Waals surface area contributed by atoms with Crippen molar-refractivity contribution in [3.63, 3.8) is 0 Å². The number of rotatable bonds is 4. The number of hydrogen-bond acceptors (Lipinski definition) is 3. The van der Waals surface area contributed by atoms with Gasteiger partial charge in [0.2, 0.25) is 5.91 Å². The molecule has 106 valence electrons. The van der Waals surface area contributed by atoms with Crippen LogP contribution in [0.25, 0.3) is 0 Å². The summed E-state index contributed by atoms with van der Waals surface area (Å²) in [5.41, 5.74) is 0. The third kappa shape index (κ3) is 4.41. The molecule has 2 fully saturated rings. The van der Waals surface area contributed by atoms with Crippen molar-refractivity contribution in [2.24, 2.45) is 11.8 Å². The number of piperidine rings is 1. The highest BCUT2D eigenvalue weighted by atomic mass is 35.5. The Morgan fingerprint density at radius 2 is 2.00 bits per heavy atom. The Balaban J connectivity index is 0.00000162. The van der Waals surface area contributed by atoms with E-state index in [0.29, 0.717) is 5.92 Å². The molecular formula is C13H26ClN3O. The second kappa shape index (κ2) is 7.97. The molecule has 1 amide bonds. The Bertz CT molecular complexity index is 257. The monoisotopic (exact) mass is 275 g/mol. The fourth-order valence-electron chi connectivity index (χ4n) is 2.81. The zero-order chi connectivity index (χ0) is 12.1. The van der Waals surface area contributed by atoms with E-state index < -0.39 is 0 Å². The standard InChI is InChI=1S/C13H25N3O.ClH/c1-11-9-14-10-12(11)13(17)15-5-8-16-6-3-2-4-7-16;/h11-12,14H,2-10H2,1H3,(H,15,17);1H/t11-,12-;/m1./s1. The molecule has 2 aliphatic rings. The van der Waals surface area contributed by atoms with Crippen LogP contribution >= 0.6 is 12.4 Å². The Morgan fingerprint density at radius 3 is 2.61 bits per heavy atom. The van der Waals surface area contributed by atoms with Gasteiger partial charge in [0.25, 0.3) is 0 Å². The lowest BCUT2D eigenvalue weighted by Crippen LogP contribution is -2.40. The molecule has 2 atom stereocenters. The van der Waals surface area contributed by atoms with Gasteiger partial charge in [-0.1, -0.05) is 13.3 Å². The van der Waals surface area contributed by atoms with Crippen LogP contribution in [0.1, 0.15) is 26.2 Å². The molecule has 0 aromatic rings. The first kappa shape index (κ1) is 15.7. The van der Waals surface area contributed by atoms with Crippen LogP contribution in [0.15, 0.2) is 0 Å². The van der Waals surface area contributed by atoms with E-state index in [1.807, 2.05) is 0 Å². The quantitative estimate of drug-likeness (QED) is 0.800. The van der Waals surface area contributed by atoms with Gasteiger partial charge in [-0.25, -0.2) is 0 Å². The number of likely N-dealkylation sites (tertiary alicyclic amines) is 1. The van der Waals surface area contributed by atoms with E-state index in [1.54, 1.807) is 0 Å². The molecule has 2 rings (SSSR count). The normalized spacial score (nSPS) is 28.7. The second-order valence-corrected chi connectivity index (χ2v) is 5.44. The fraction of sp³-hybridized carbons (Fsp3) is 0.923. The van der Waals surface area contributed by atoms with Crippen LogP contribution in [0.2, 0.25) is 0 Å². The summed E-state index contributed by atoms with van der Waals surface area (Å²) in [7, 11) is 0. The van der Waals surface area contributed by atoms with Crippen molar-refractivity contribution in [2.45, 2.75) is 26.2 Å². The van der Waals surface area contributed by atoms with Gasteiger partial charge in [0, 0.05) is 19.6 Å². The zero-order valence-corrected chi connectivity index (χ0v) is 12.1. The van der Waals surface area contributed by atoms with Crippen molar-refractivity contribution >= 4 is 18.3 Å². The van der Waals surface area contributed by atoms with E-state index in [-0.39, 0.29) is 24.2 Å². The highest BCUT2D eigenvalue weighted by Crippen LogP contribution is 2.15. The summed E-state index contributed by atoms with van der Waals surface area (Å²) in [5, 5.41) is 6.35. The third-order valence-electron chi connectivity index (χ3n) is 4.03. The molecule has 0 spiro atoms. The number of nitrogens with one attached hydrogen (secondary N) is 2. The third-order valence-corrected chi connectivity index (χ3v) is 4.03. The van der Waals surface area contributed by atoms with Gasteiger partial charge in [-0.15, -0.1) is 12.4 Å². The highest BCUT2D eigenvalue weighted by Gasteiger charge is 2.29. The van der Waals surface area contributed by atoms with E-state index in [0.717, 1.165) is 26.2 Å². The average Bonchev–Trinajstić information content (AvgIpc) is 2.77. The van der Waals surface area contributed by atoms with Crippen molar-refractivity contribution in [1.29, 1.82) is 0 Å². The summed E-state index contributed by atoms with van der Waals surface area (Å²) in [6.45, 7) is 8.20. The van der Waals surface area contributed by atoms with Gasteiger partial charge in [-0.3, -0.25) is 4.79 Å². The van der Waals surface area contributed by atoms with E-state index >= 15 is 0 Å². The number of nitrogens with zero attached hydrogens (tertiary/aromatic N) is 1. The van der Waals surface area contributed by atoms with Gasteiger partial charge in [-0.2, -0.15) is 0 Å². The maximum absolute atomic E-state index is 11.9. The van der Waals surface area contributed by atoms with Crippen molar-refractivity contribution < 1.29 is 4.79 Å². The van der Waals surface area contributed by atoms with Gasteiger partial charge < -0.3 is 15.5 Å². The molecule has 2 heterocycles. The minimum atomic E-state index is 0. The summed E-state index contributed by atoms with van der Waals surface area (Å²) in [6.07, 6.45) is 4.00. The molecule has 5 heteroatoms. The van der Waals surface area contributed by atoms with Crippen molar-refractivity contribution in [3.8, 4) is 0 Å². The molecule has 0 unspecified atom stereocenters. The van der Waals surface area contributed by atoms with Gasteiger partial charge >= 0.3 is 0 Å². The molecular weight excluding hydrogens is 250 g/mol. The van der Waals surface area contributed by atoms with Crippen molar-refractivity contribution in [2.75, 3.05) is 39.3 Å². The largest absolute Gasteiger partial charge is 0.355 e. The first-order valence-corrected chi connectivity index (χ1v) is 6.98.